The van der Waals surface area contributed by atoms with Crippen molar-refractivity contribution in [2.45, 2.75) is 20.1 Å². The molecule has 1 N–H and O–H groups in total. The van der Waals surface area contributed by atoms with Crippen molar-refractivity contribution in [1.82, 2.24) is 9.97 Å². The Kier molecular flexibility index (Phi) is 11.0. The van der Waals surface area contributed by atoms with Crippen molar-refractivity contribution in [1.29, 1.82) is 0 Å². The molecule has 1 heterocycles. The maximum absolute atomic E-state index is 9.92. The molecule has 138 valence electrons. The van der Waals surface area contributed by atoms with Crippen molar-refractivity contribution < 1.29 is 19.4 Å². The molecule has 0 saturated carbocycles. The number of benzene rings is 1. The van der Waals surface area contributed by atoms with Gasteiger partial charge in [-0.2, -0.15) is 0 Å². The van der Waals surface area contributed by atoms with E-state index in [0.717, 1.165) is 5.69 Å². The normalized spacial score (nSPS) is 10.9. The van der Waals surface area contributed by atoms with Crippen LogP contribution in [0.15, 0.2) is 55.0 Å². The third kappa shape index (κ3) is 8.86. The van der Waals surface area contributed by atoms with E-state index in [2.05, 4.69) is 9.97 Å². The van der Waals surface area contributed by atoms with Gasteiger partial charge in [0, 0.05) is 31.2 Å². The van der Waals surface area contributed by atoms with E-state index in [0.29, 0.717) is 25.1 Å². The minimum absolute atomic E-state index is 0.186. The fourth-order valence-corrected chi connectivity index (χ4v) is 1.83. The van der Waals surface area contributed by atoms with Gasteiger partial charge in [-0.25, -0.2) is 0 Å². The first-order chi connectivity index (χ1) is 12.7. The zero-order chi connectivity index (χ0) is 19.0. The van der Waals surface area contributed by atoms with E-state index >= 15 is 0 Å². The number of nitrogens with zero attached hydrogens (tertiary/aromatic N) is 2. The van der Waals surface area contributed by atoms with E-state index in [4.69, 9.17) is 14.6 Å². The van der Waals surface area contributed by atoms with Gasteiger partial charge in [0.15, 0.2) is 6.29 Å². The van der Waals surface area contributed by atoms with Crippen LogP contribution in [0.25, 0.3) is 12.2 Å². The van der Waals surface area contributed by atoms with Crippen LogP contribution in [0, 0.1) is 0 Å². The van der Waals surface area contributed by atoms with Crippen LogP contribution in [0.3, 0.4) is 0 Å². The summed E-state index contributed by atoms with van der Waals surface area (Å²) in [7, 11) is 0. The Morgan fingerprint density at radius 2 is 1.85 bits per heavy atom. The van der Waals surface area contributed by atoms with Crippen molar-refractivity contribution >= 4 is 18.4 Å². The largest absolute Gasteiger partial charge is 0.507 e. The molecule has 6 nitrogen and oxygen atoms in total. The van der Waals surface area contributed by atoms with Gasteiger partial charge in [0.05, 0.1) is 11.9 Å². The van der Waals surface area contributed by atoms with Gasteiger partial charge in [-0.05, 0) is 44.2 Å². The molecule has 6 heteroatoms. The van der Waals surface area contributed by atoms with Crippen LogP contribution >= 0.6 is 0 Å². The van der Waals surface area contributed by atoms with Crippen LogP contribution in [0.5, 0.6) is 5.75 Å². The van der Waals surface area contributed by atoms with Gasteiger partial charge in [0.1, 0.15) is 12.0 Å². The summed E-state index contributed by atoms with van der Waals surface area (Å²) in [6.07, 6.45) is 11.9. The van der Waals surface area contributed by atoms with Gasteiger partial charge < -0.3 is 14.6 Å². The van der Waals surface area contributed by atoms with Gasteiger partial charge in [-0.1, -0.05) is 18.2 Å². The molecular weight excluding hydrogens is 332 g/mol. The predicted molar refractivity (Wildman–Crippen MR) is 101 cm³/mol. The van der Waals surface area contributed by atoms with Crippen LogP contribution in [-0.4, -0.2) is 40.9 Å². The highest BCUT2D eigenvalue weighted by atomic mass is 16.7. The Bertz CT molecular complexity index is 681. The van der Waals surface area contributed by atoms with E-state index in [1.807, 2.05) is 26.0 Å². The molecule has 0 aliphatic rings. The standard InChI is InChI=1S/C11H16N2O2.C9H8O2/c1-3-14-11(15-4-2)6-5-10-9-12-7-8-13-10;10-7-3-5-8-4-1-2-6-9(8)11/h5-9,11H,3-4H2,1-2H3;1-7,11H/b6-5+;5-3+. The summed E-state index contributed by atoms with van der Waals surface area (Å²) in [5.41, 5.74) is 1.45. The molecule has 0 spiro atoms. The molecule has 0 aliphatic heterocycles. The first-order valence-electron chi connectivity index (χ1n) is 8.28. The zero-order valence-corrected chi connectivity index (χ0v) is 15.0. The van der Waals surface area contributed by atoms with Crippen LogP contribution in [0.1, 0.15) is 25.1 Å². The molecule has 0 fully saturated rings. The lowest BCUT2D eigenvalue weighted by Gasteiger charge is -2.11. The Hall–Kier alpha value is -2.83. The predicted octanol–water partition coefficient (Wildman–Crippen LogP) is 3.49. The molecule has 0 bridgehead atoms. The highest BCUT2D eigenvalue weighted by Crippen LogP contribution is 2.16. The molecule has 1 aromatic carbocycles. The average Bonchev–Trinajstić information content (AvgIpc) is 2.67. The van der Waals surface area contributed by atoms with E-state index < -0.39 is 0 Å². The number of allylic oxidation sites excluding steroid dienone is 1. The van der Waals surface area contributed by atoms with Gasteiger partial charge >= 0.3 is 0 Å². The van der Waals surface area contributed by atoms with Crippen LogP contribution < -0.4 is 0 Å². The minimum Gasteiger partial charge on any atom is -0.507 e. The van der Waals surface area contributed by atoms with Gasteiger partial charge in [0.25, 0.3) is 0 Å². The quantitative estimate of drug-likeness (QED) is 0.443. The maximum atomic E-state index is 9.92. The molecule has 26 heavy (non-hydrogen) atoms. The topological polar surface area (TPSA) is 81.5 Å². The Morgan fingerprint density at radius 3 is 2.42 bits per heavy atom. The van der Waals surface area contributed by atoms with Crippen molar-refractivity contribution in [3.8, 4) is 5.75 Å². The number of carbonyl (C=O) groups is 1. The highest BCUT2D eigenvalue weighted by Gasteiger charge is 2.01. The summed E-state index contributed by atoms with van der Waals surface area (Å²) in [6.45, 7) is 5.11. The van der Waals surface area contributed by atoms with Gasteiger partial charge in [-0.3, -0.25) is 14.8 Å². The third-order valence-corrected chi connectivity index (χ3v) is 2.96. The molecule has 2 rings (SSSR count). The number of aldehydes is 1. The van der Waals surface area contributed by atoms with E-state index in [1.54, 1.807) is 48.9 Å². The fraction of sp³-hybridized carbons (Fsp3) is 0.250. The molecular formula is C20H24N2O4. The molecule has 0 atom stereocenters. The summed E-state index contributed by atoms with van der Waals surface area (Å²) in [6, 6.07) is 6.83. The molecule has 0 unspecified atom stereocenters. The molecule has 0 radical (unpaired) electrons. The Balaban J connectivity index is 0.000000273. The molecule has 0 amide bonds. The van der Waals surface area contributed by atoms with Crippen molar-refractivity contribution in [3.05, 3.63) is 66.3 Å². The Morgan fingerprint density at radius 1 is 1.12 bits per heavy atom. The second-order valence-corrected chi connectivity index (χ2v) is 4.82. The number of rotatable bonds is 8. The number of hydrogen-bond donors (Lipinski definition) is 1. The average molecular weight is 356 g/mol. The lowest BCUT2D eigenvalue weighted by atomic mass is 10.2. The maximum Gasteiger partial charge on any atom is 0.177 e. The molecule has 0 saturated heterocycles. The zero-order valence-electron chi connectivity index (χ0n) is 15.0. The smallest absolute Gasteiger partial charge is 0.177 e. The number of ether oxygens (including phenoxy) is 2. The Labute approximate surface area is 153 Å². The van der Waals surface area contributed by atoms with E-state index in [-0.39, 0.29) is 12.0 Å². The van der Waals surface area contributed by atoms with Crippen molar-refractivity contribution in [3.63, 3.8) is 0 Å². The number of aromatic nitrogens is 2. The van der Waals surface area contributed by atoms with Crippen LogP contribution in [0.4, 0.5) is 0 Å². The van der Waals surface area contributed by atoms with E-state index in [1.165, 1.54) is 6.08 Å². The SMILES string of the molecule is CCOC(/C=C/c1cnccn1)OCC.O=C/C=C/c1ccccc1O. The minimum atomic E-state index is -0.304. The molecule has 2 aromatic rings. The fourth-order valence-electron chi connectivity index (χ4n) is 1.83. The molecule has 0 aliphatic carbocycles. The first kappa shape index (κ1) is 21.2. The first-order valence-corrected chi connectivity index (χ1v) is 8.28. The molecule has 1 aromatic heterocycles. The van der Waals surface area contributed by atoms with Gasteiger partial charge in [-0.15, -0.1) is 0 Å². The lowest BCUT2D eigenvalue weighted by Crippen LogP contribution is -2.14. The second-order valence-electron chi connectivity index (χ2n) is 4.82. The van der Waals surface area contributed by atoms with Crippen molar-refractivity contribution in [2.75, 3.05) is 13.2 Å². The summed E-state index contributed by atoms with van der Waals surface area (Å²) < 4.78 is 10.7. The second kappa shape index (κ2) is 13.5. The number of phenols is 1. The van der Waals surface area contributed by atoms with Crippen LogP contribution in [-0.2, 0) is 14.3 Å². The number of aromatic hydroxyl groups is 1. The van der Waals surface area contributed by atoms with Crippen molar-refractivity contribution in [2.24, 2.45) is 0 Å². The summed E-state index contributed by atoms with van der Waals surface area (Å²) in [5.74, 6) is 0.186. The number of carbonyl (C=O) groups excluding carboxylic acids is 1. The highest BCUT2D eigenvalue weighted by molar-refractivity contribution is 5.75. The summed E-state index contributed by atoms with van der Waals surface area (Å²) in [4.78, 5) is 18.0. The van der Waals surface area contributed by atoms with Gasteiger partial charge in [0.2, 0.25) is 0 Å². The third-order valence-electron chi connectivity index (χ3n) is 2.96. The number of hydrogen-bond acceptors (Lipinski definition) is 6. The monoisotopic (exact) mass is 356 g/mol. The lowest BCUT2D eigenvalue weighted by molar-refractivity contribution is -0.104. The summed E-state index contributed by atoms with van der Waals surface area (Å²) in [5, 5.41) is 9.17. The number of phenolic OH excluding ortho intramolecular Hbond substituents is 1. The van der Waals surface area contributed by atoms with Crippen LogP contribution in [0.2, 0.25) is 0 Å². The summed E-state index contributed by atoms with van der Waals surface area (Å²) >= 11 is 0. The van der Waals surface area contributed by atoms with E-state index in [9.17, 15) is 4.79 Å². The number of para-hydroxylation sites is 1.